The second-order valence-electron chi connectivity index (χ2n) is 15.5. The van der Waals surface area contributed by atoms with E-state index in [9.17, 15) is 45.5 Å². The zero-order valence-corrected chi connectivity index (χ0v) is 33.7. The number of alkyl halides is 6. The lowest BCUT2D eigenvalue weighted by Gasteiger charge is -2.30. The van der Waals surface area contributed by atoms with Crippen molar-refractivity contribution >= 4 is 35.1 Å². The predicted octanol–water partition coefficient (Wildman–Crippen LogP) is 6.76. The maximum atomic E-state index is 12.8. The highest BCUT2D eigenvalue weighted by atomic mass is 19.4. The summed E-state index contributed by atoms with van der Waals surface area (Å²) >= 11 is 0. The number of anilines is 2. The lowest BCUT2D eigenvalue weighted by molar-refractivity contribution is -0.186. The van der Waals surface area contributed by atoms with Crippen molar-refractivity contribution in [2.24, 2.45) is 11.8 Å². The van der Waals surface area contributed by atoms with Crippen LogP contribution in [0.2, 0.25) is 0 Å². The fourth-order valence-electron chi connectivity index (χ4n) is 8.02. The first-order valence-electron chi connectivity index (χ1n) is 20.6. The monoisotopic (exact) mass is 856 g/mol. The van der Waals surface area contributed by atoms with Gasteiger partial charge in [-0.25, -0.2) is 0 Å². The first kappa shape index (κ1) is 46.5. The molecule has 18 heteroatoms. The van der Waals surface area contributed by atoms with E-state index in [2.05, 4.69) is 10.6 Å². The van der Waals surface area contributed by atoms with Gasteiger partial charge >= 0.3 is 24.3 Å². The Balaban J connectivity index is 0.000000228. The van der Waals surface area contributed by atoms with Crippen LogP contribution >= 0.6 is 0 Å². The molecule has 6 rings (SSSR count). The van der Waals surface area contributed by atoms with Gasteiger partial charge in [0.15, 0.2) is 0 Å². The lowest BCUT2D eigenvalue weighted by Crippen LogP contribution is -2.37. The Kier molecular flexibility index (Phi) is 16.5. The number of nitrogens with one attached hydrogen (secondary N) is 2. The molecule has 0 unspecified atom stereocenters. The fourth-order valence-corrected chi connectivity index (χ4v) is 8.02. The molecule has 3 N–H and O–H groups in total. The predicted molar refractivity (Wildman–Crippen MR) is 209 cm³/mol. The first-order valence-corrected chi connectivity index (χ1v) is 20.6. The van der Waals surface area contributed by atoms with Gasteiger partial charge < -0.3 is 39.8 Å². The quantitative estimate of drug-likeness (QED) is 0.0999. The number of carbonyl (C=O) groups is 4. The van der Waals surface area contributed by atoms with E-state index < -0.39 is 30.2 Å². The molecule has 4 aliphatic rings. The molecule has 2 aromatic rings. The average Bonchev–Trinajstić information content (AvgIpc) is 3.82. The Morgan fingerprint density at radius 3 is 1.47 bits per heavy atom. The summed E-state index contributed by atoms with van der Waals surface area (Å²) in [6.45, 7) is 3.97. The summed E-state index contributed by atoms with van der Waals surface area (Å²) in [6.07, 6.45) is -5.20. The molecule has 2 amide bonds. The molecule has 2 aliphatic carbocycles. The van der Waals surface area contributed by atoms with Crippen molar-refractivity contribution in [3.63, 3.8) is 0 Å². The number of rotatable bonds is 15. The number of amides is 2. The number of benzene rings is 2. The van der Waals surface area contributed by atoms with E-state index in [0.717, 1.165) is 22.5 Å². The fraction of sp³-hybridized carbons (Fsp3) is 0.619. The molecule has 0 atom stereocenters. The largest absolute Gasteiger partial charge is 0.490 e. The molecule has 2 saturated carbocycles. The molecular formula is C42H54F6N4O8. The van der Waals surface area contributed by atoms with Crippen LogP contribution in [0.4, 0.5) is 37.7 Å². The van der Waals surface area contributed by atoms with Gasteiger partial charge in [0.25, 0.3) is 0 Å². The standard InChI is InChI=1S/C22H29F3N2O4.C20H25F3N2O4/c1-2-30-21(29)9-11-26-14-20(28)27-12-10-15-13-18(7-8-19(15)27)31-17-5-3-16(4-6-17)22(23,24)25;21-20(22,23)14-1-3-15(4-2-14)29-16-5-6-17-13(11-16)8-10-25(17)18(26)12-24-9-7-19(27)28/h7-8,13,16-17,26H,2-6,9-12,14H2,1H3;5-6,11,14-15,24H,1-4,7-10,12H2,(H,27,28). The van der Waals surface area contributed by atoms with Gasteiger partial charge in [0.1, 0.15) is 11.5 Å². The highest BCUT2D eigenvalue weighted by Crippen LogP contribution is 2.41. The maximum Gasteiger partial charge on any atom is 0.391 e. The van der Waals surface area contributed by atoms with Crippen molar-refractivity contribution in [3.05, 3.63) is 47.5 Å². The van der Waals surface area contributed by atoms with Gasteiger partial charge in [-0.3, -0.25) is 19.2 Å². The van der Waals surface area contributed by atoms with Crippen molar-refractivity contribution in [2.75, 3.05) is 55.7 Å². The number of carboxylic acids is 1. The Labute approximate surface area is 345 Å². The highest BCUT2D eigenvalue weighted by molar-refractivity contribution is 5.97. The second kappa shape index (κ2) is 21.3. The summed E-state index contributed by atoms with van der Waals surface area (Å²) in [5, 5.41) is 14.4. The number of aliphatic carboxylic acids is 1. The molecule has 2 aromatic carbocycles. The molecule has 332 valence electrons. The van der Waals surface area contributed by atoms with Gasteiger partial charge in [0.2, 0.25) is 11.8 Å². The summed E-state index contributed by atoms with van der Waals surface area (Å²) in [7, 11) is 0. The zero-order chi connectivity index (χ0) is 43.5. The van der Waals surface area contributed by atoms with Crippen LogP contribution in [0, 0.1) is 11.8 Å². The zero-order valence-electron chi connectivity index (χ0n) is 33.7. The minimum Gasteiger partial charge on any atom is -0.490 e. The van der Waals surface area contributed by atoms with Crippen LogP contribution in [0.5, 0.6) is 11.5 Å². The number of fused-ring (bicyclic) bond motifs is 2. The lowest BCUT2D eigenvalue weighted by atomic mass is 9.87. The Morgan fingerprint density at radius 1 is 0.667 bits per heavy atom. The Bertz CT molecular complexity index is 1780. The molecule has 12 nitrogen and oxygen atoms in total. The number of halogens is 6. The summed E-state index contributed by atoms with van der Waals surface area (Å²) in [4.78, 5) is 50.1. The number of hydrogen-bond acceptors (Lipinski definition) is 9. The summed E-state index contributed by atoms with van der Waals surface area (Å²) < 4.78 is 93.4. The van der Waals surface area contributed by atoms with Crippen LogP contribution in [-0.4, -0.2) is 99.3 Å². The molecule has 0 spiro atoms. The third-order valence-electron chi connectivity index (χ3n) is 11.3. The number of nitrogens with zero attached hydrogens (tertiary/aromatic N) is 2. The van der Waals surface area contributed by atoms with Crippen LogP contribution in [-0.2, 0) is 36.8 Å². The normalized spacial score (nSPS) is 21.3. The van der Waals surface area contributed by atoms with Gasteiger partial charge in [-0.05, 0) is 119 Å². The number of esters is 1. The summed E-state index contributed by atoms with van der Waals surface area (Å²) in [5.41, 5.74) is 3.57. The molecule has 2 fully saturated rings. The summed E-state index contributed by atoms with van der Waals surface area (Å²) in [5.74, 6) is -2.63. The first-order chi connectivity index (χ1) is 28.5. The molecule has 0 radical (unpaired) electrons. The smallest absolute Gasteiger partial charge is 0.391 e. The van der Waals surface area contributed by atoms with E-state index in [1.807, 2.05) is 18.2 Å². The van der Waals surface area contributed by atoms with Crippen molar-refractivity contribution in [1.29, 1.82) is 0 Å². The molecule has 0 aromatic heterocycles. The van der Waals surface area contributed by atoms with E-state index >= 15 is 0 Å². The molecule has 0 bridgehead atoms. The van der Waals surface area contributed by atoms with Gasteiger partial charge in [0.05, 0.1) is 56.6 Å². The number of hydrogen-bond donors (Lipinski definition) is 3. The van der Waals surface area contributed by atoms with E-state index in [4.69, 9.17) is 19.3 Å². The SMILES string of the molecule is CCOC(=O)CCNCC(=O)N1CCc2cc(OC3CCC(C(F)(F)F)CC3)ccc21.O=C(O)CCNCC(=O)N1CCc2cc(OC3CCC(C(F)(F)F)CC3)ccc21. The van der Waals surface area contributed by atoms with Crippen molar-refractivity contribution in [3.8, 4) is 11.5 Å². The maximum absolute atomic E-state index is 12.8. The highest BCUT2D eigenvalue weighted by Gasteiger charge is 2.43. The second-order valence-corrected chi connectivity index (χ2v) is 15.5. The van der Waals surface area contributed by atoms with Crippen molar-refractivity contribution in [1.82, 2.24) is 10.6 Å². The van der Waals surface area contributed by atoms with Crippen LogP contribution in [0.1, 0.15) is 82.3 Å². The minimum atomic E-state index is -4.13. The van der Waals surface area contributed by atoms with Crippen molar-refractivity contribution in [2.45, 2.75) is 109 Å². The molecule has 2 aliphatic heterocycles. The third kappa shape index (κ3) is 13.5. The van der Waals surface area contributed by atoms with Gasteiger partial charge in [0, 0.05) is 37.6 Å². The number of ether oxygens (including phenoxy) is 3. The van der Waals surface area contributed by atoms with E-state index in [1.165, 1.54) is 0 Å². The van der Waals surface area contributed by atoms with E-state index in [1.54, 1.807) is 34.9 Å². The van der Waals surface area contributed by atoms with E-state index in [-0.39, 0.29) is 88.2 Å². The Morgan fingerprint density at radius 2 is 1.08 bits per heavy atom. The molecule has 2 heterocycles. The van der Waals surface area contributed by atoms with Gasteiger partial charge in [-0.15, -0.1) is 0 Å². The molecule has 60 heavy (non-hydrogen) atoms. The molecule has 0 saturated heterocycles. The number of carbonyl (C=O) groups excluding carboxylic acids is 3. The van der Waals surface area contributed by atoms with E-state index in [0.29, 0.717) is 76.3 Å². The van der Waals surface area contributed by atoms with Crippen molar-refractivity contribution < 1.29 is 64.8 Å². The van der Waals surface area contributed by atoms with Crippen LogP contribution < -0.4 is 29.9 Å². The van der Waals surface area contributed by atoms with Crippen LogP contribution in [0.25, 0.3) is 0 Å². The topological polar surface area (TPSA) is 147 Å². The minimum absolute atomic E-state index is 0.0462. The average molecular weight is 857 g/mol. The van der Waals surface area contributed by atoms with Gasteiger partial charge in [-0.1, -0.05) is 0 Å². The number of carboxylic acid groups (broad SMARTS) is 1. The van der Waals surface area contributed by atoms with Crippen LogP contribution in [0.3, 0.4) is 0 Å². The van der Waals surface area contributed by atoms with Crippen LogP contribution in [0.15, 0.2) is 36.4 Å². The molecular weight excluding hydrogens is 802 g/mol. The Hall–Kier alpha value is -4.58. The summed E-state index contributed by atoms with van der Waals surface area (Å²) in [6, 6.07) is 10.9. The third-order valence-corrected chi connectivity index (χ3v) is 11.3. The van der Waals surface area contributed by atoms with Gasteiger partial charge in [-0.2, -0.15) is 26.3 Å².